The summed E-state index contributed by atoms with van der Waals surface area (Å²) in [7, 11) is -3.76. The Morgan fingerprint density at radius 3 is 2.56 bits per heavy atom. The molecule has 0 unspecified atom stereocenters. The van der Waals surface area contributed by atoms with Gasteiger partial charge in [0.15, 0.2) is 6.61 Å². The Kier molecular flexibility index (Phi) is 7.28. The maximum absolute atomic E-state index is 12.3. The molecule has 0 spiro atoms. The molecule has 0 saturated heterocycles. The van der Waals surface area contributed by atoms with E-state index >= 15 is 0 Å². The van der Waals surface area contributed by atoms with E-state index in [1.165, 1.54) is 6.07 Å². The van der Waals surface area contributed by atoms with Crippen molar-refractivity contribution >= 4 is 32.7 Å². The lowest BCUT2D eigenvalue weighted by Gasteiger charge is -2.08. The highest BCUT2D eigenvalue weighted by molar-refractivity contribution is 7.89. The van der Waals surface area contributed by atoms with Crippen molar-refractivity contribution in [1.29, 1.82) is 5.26 Å². The predicted molar refractivity (Wildman–Crippen MR) is 98.0 cm³/mol. The molecule has 0 bridgehead atoms. The van der Waals surface area contributed by atoms with Crippen molar-refractivity contribution in [2.24, 2.45) is 0 Å². The highest BCUT2D eigenvalue weighted by Gasteiger charge is 2.15. The highest BCUT2D eigenvalue weighted by atomic mass is 32.2. The molecule has 2 aromatic rings. The Morgan fingerprint density at radius 2 is 1.81 bits per heavy atom. The van der Waals surface area contributed by atoms with E-state index in [1.54, 1.807) is 12.1 Å². The number of nitrogens with zero attached hydrogens (tertiary/aromatic N) is 1. The lowest BCUT2D eigenvalue weighted by Crippen LogP contribution is -2.31. The van der Waals surface area contributed by atoms with E-state index in [0.717, 1.165) is 10.8 Å². The summed E-state index contributed by atoms with van der Waals surface area (Å²) in [5.41, 5.74) is 0. The fourth-order valence-corrected chi connectivity index (χ4v) is 3.30. The van der Waals surface area contributed by atoms with Crippen LogP contribution in [-0.4, -0.2) is 40.0 Å². The molecular weight excluding hydrogens is 370 g/mol. The number of nitriles is 1. The van der Waals surface area contributed by atoms with Gasteiger partial charge in [0.2, 0.25) is 10.0 Å². The van der Waals surface area contributed by atoms with E-state index in [9.17, 15) is 18.0 Å². The fraction of sp³-hybridized carbons (Fsp3) is 0.278. The Bertz CT molecular complexity index is 966. The minimum Gasteiger partial charge on any atom is -0.456 e. The number of benzene rings is 2. The summed E-state index contributed by atoms with van der Waals surface area (Å²) in [5, 5.41) is 12.5. The Balaban J connectivity index is 1.80. The standard InChI is InChI=1S/C18H19N3O5S/c19-9-3-10-20-17(22)13-26-18(23)8-11-21-27(24,25)16-7-6-14-4-1-2-5-15(14)12-16/h1-2,4-7,12,21H,3,8,10-11,13H2,(H,20,22). The highest BCUT2D eigenvalue weighted by Crippen LogP contribution is 2.18. The smallest absolute Gasteiger partial charge is 0.307 e. The number of amides is 1. The lowest BCUT2D eigenvalue weighted by atomic mass is 10.1. The molecule has 0 atom stereocenters. The van der Waals surface area contributed by atoms with Crippen LogP contribution in [0.5, 0.6) is 0 Å². The van der Waals surface area contributed by atoms with Crippen LogP contribution >= 0.6 is 0 Å². The van der Waals surface area contributed by atoms with E-state index in [4.69, 9.17) is 10.00 Å². The van der Waals surface area contributed by atoms with Gasteiger partial charge in [-0.3, -0.25) is 9.59 Å². The Morgan fingerprint density at radius 1 is 1.07 bits per heavy atom. The van der Waals surface area contributed by atoms with Gasteiger partial charge in [-0.1, -0.05) is 30.3 Å². The van der Waals surface area contributed by atoms with Crippen LogP contribution in [0.3, 0.4) is 0 Å². The van der Waals surface area contributed by atoms with Gasteiger partial charge in [0.1, 0.15) is 0 Å². The minimum atomic E-state index is -3.76. The first-order valence-corrected chi connectivity index (χ1v) is 9.68. The van der Waals surface area contributed by atoms with Gasteiger partial charge in [-0.15, -0.1) is 0 Å². The molecule has 0 aliphatic rings. The zero-order chi connectivity index (χ0) is 19.7. The van der Waals surface area contributed by atoms with Crippen molar-refractivity contribution in [2.75, 3.05) is 19.7 Å². The Labute approximate surface area is 157 Å². The number of hydrogen-bond donors (Lipinski definition) is 2. The zero-order valence-electron chi connectivity index (χ0n) is 14.5. The summed E-state index contributed by atoms with van der Waals surface area (Å²) in [5.74, 6) is -1.22. The number of carbonyl (C=O) groups excluding carboxylic acids is 2. The first kappa shape index (κ1) is 20.4. The van der Waals surface area contributed by atoms with Crippen LogP contribution in [0, 0.1) is 11.3 Å². The summed E-state index contributed by atoms with van der Waals surface area (Å²) >= 11 is 0. The summed E-state index contributed by atoms with van der Waals surface area (Å²) in [4.78, 5) is 23.0. The van der Waals surface area contributed by atoms with Crippen molar-refractivity contribution in [3.05, 3.63) is 42.5 Å². The molecule has 2 aromatic carbocycles. The second-order valence-corrected chi connectivity index (χ2v) is 7.34. The van der Waals surface area contributed by atoms with Crippen molar-refractivity contribution in [2.45, 2.75) is 17.7 Å². The summed E-state index contributed by atoms with van der Waals surface area (Å²) in [6, 6.07) is 14.0. The van der Waals surface area contributed by atoms with Crippen LogP contribution in [-0.2, 0) is 24.3 Å². The fourth-order valence-electron chi connectivity index (χ4n) is 2.23. The maximum atomic E-state index is 12.3. The second kappa shape index (κ2) is 9.66. The first-order chi connectivity index (χ1) is 12.9. The molecule has 0 fully saturated rings. The van der Waals surface area contributed by atoms with Crippen molar-refractivity contribution < 1.29 is 22.7 Å². The van der Waals surface area contributed by atoms with E-state index in [0.29, 0.717) is 0 Å². The average Bonchev–Trinajstić information content (AvgIpc) is 2.66. The quantitative estimate of drug-likeness (QED) is 0.488. The Hall–Kier alpha value is -2.96. The average molecular weight is 389 g/mol. The summed E-state index contributed by atoms with van der Waals surface area (Å²) in [6.07, 6.45) is -0.0471. The number of nitrogens with one attached hydrogen (secondary N) is 2. The molecule has 0 aliphatic carbocycles. The molecular formula is C18H19N3O5S. The summed E-state index contributed by atoms with van der Waals surface area (Å²) in [6.45, 7) is -0.440. The third-order valence-electron chi connectivity index (χ3n) is 3.58. The number of carbonyl (C=O) groups is 2. The minimum absolute atomic E-state index is 0.103. The van der Waals surface area contributed by atoms with Gasteiger partial charge < -0.3 is 10.1 Å². The summed E-state index contributed by atoms with van der Waals surface area (Å²) < 4.78 is 31.7. The largest absolute Gasteiger partial charge is 0.456 e. The van der Waals surface area contributed by atoms with Gasteiger partial charge in [-0.05, 0) is 22.9 Å². The molecule has 0 aliphatic heterocycles. The van der Waals surface area contributed by atoms with Gasteiger partial charge in [-0.25, -0.2) is 13.1 Å². The van der Waals surface area contributed by atoms with Gasteiger partial charge >= 0.3 is 5.97 Å². The topological polar surface area (TPSA) is 125 Å². The van der Waals surface area contributed by atoms with Gasteiger partial charge in [-0.2, -0.15) is 5.26 Å². The number of sulfonamides is 1. The SMILES string of the molecule is N#CCCNC(=O)COC(=O)CCNS(=O)(=O)c1ccc2ccccc2c1. The zero-order valence-corrected chi connectivity index (χ0v) is 15.3. The van der Waals surface area contributed by atoms with Crippen molar-refractivity contribution in [3.8, 4) is 6.07 Å². The molecule has 2 N–H and O–H groups in total. The molecule has 9 heteroatoms. The van der Waals surface area contributed by atoms with Crippen LogP contribution in [0.25, 0.3) is 10.8 Å². The second-order valence-electron chi connectivity index (χ2n) is 5.58. The maximum Gasteiger partial charge on any atom is 0.307 e. The van der Waals surface area contributed by atoms with E-state index in [2.05, 4.69) is 10.0 Å². The molecule has 1 amide bonds. The van der Waals surface area contributed by atoms with Crippen molar-refractivity contribution in [1.82, 2.24) is 10.0 Å². The molecule has 0 aromatic heterocycles. The third kappa shape index (κ3) is 6.36. The molecule has 27 heavy (non-hydrogen) atoms. The number of esters is 1. The lowest BCUT2D eigenvalue weighted by molar-refractivity contribution is -0.148. The monoisotopic (exact) mass is 389 g/mol. The van der Waals surface area contributed by atoms with E-state index in [1.807, 2.05) is 30.3 Å². The van der Waals surface area contributed by atoms with Crippen LogP contribution in [0.15, 0.2) is 47.4 Å². The van der Waals surface area contributed by atoms with Crippen LogP contribution < -0.4 is 10.0 Å². The van der Waals surface area contributed by atoms with Gasteiger partial charge in [0, 0.05) is 13.1 Å². The predicted octanol–water partition coefficient (Wildman–Crippen LogP) is 1.08. The first-order valence-electron chi connectivity index (χ1n) is 8.20. The number of fused-ring (bicyclic) bond motifs is 1. The van der Waals surface area contributed by atoms with Gasteiger partial charge in [0.05, 0.1) is 23.8 Å². The van der Waals surface area contributed by atoms with Gasteiger partial charge in [0.25, 0.3) is 5.91 Å². The molecule has 0 radical (unpaired) electrons. The third-order valence-corrected chi connectivity index (χ3v) is 5.03. The van der Waals surface area contributed by atoms with Crippen molar-refractivity contribution in [3.63, 3.8) is 0 Å². The molecule has 2 rings (SSSR count). The number of rotatable bonds is 9. The molecule has 8 nitrogen and oxygen atoms in total. The number of hydrogen-bond acceptors (Lipinski definition) is 6. The molecule has 142 valence electrons. The molecule has 0 saturated carbocycles. The molecule has 0 heterocycles. The van der Waals surface area contributed by atoms with Crippen LogP contribution in [0.2, 0.25) is 0 Å². The number of ether oxygens (including phenoxy) is 1. The normalized spacial score (nSPS) is 10.9. The van der Waals surface area contributed by atoms with Crippen LogP contribution in [0.4, 0.5) is 0 Å². The van der Waals surface area contributed by atoms with E-state index < -0.39 is 28.5 Å². The van der Waals surface area contributed by atoms with E-state index in [-0.39, 0.29) is 30.8 Å². The van der Waals surface area contributed by atoms with Crippen LogP contribution in [0.1, 0.15) is 12.8 Å².